The van der Waals surface area contributed by atoms with Crippen molar-refractivity contribution < 1.29 is 9.59 Å². The smallest absolute Gasteiger partial charge is 0.255 e. The standard InChI is InChI=1S/C20H22ClN3O2/c1-3-4-5-19(25)24-23-14(2)15-8-12-18(13-9-15)22-20(26)16-6-10-17(21)11-7-16/h6-13H,3-5H2,1-2H3,(H,22,26)(H,24,25)/b23-14+. The van der Waals surface area contributed by atoms with E-state index in [1.54, 1.807) is 36.4 Å². The second-order valence-electron chi connectivity index (χ2n) is 5.87. The highest BCUT2D eigenvalue weighted by molar-refractivity contribution is 6.30. The average Bonchev–Trinajstić information content (AvgIpc) is 2.65. The molecule has 0 saturated heterocycles. The lowest BCUT2D eigenvalue weighted by Gasteiger charge is -2.07. The van der Waals surface area contributed by atoms with E-state index in [2.05, 4.69) is 15.8 Å². The van der Waals surface area contributed by atoms with Crippen molar-refractivity contribution in [1.29, 1.82) is 0 Å². The van der Waals surface area contributed by atoms with Crippen molar-refractivity contribution in [3.05, 3.63) is 64.7 Å². The van der Waals surface area contributed by atoms with Gasteiger partial charge in [-0.05, 0) is 55.3 Å². The third-order valence-electron chi connectivity index (χ3n) is 3.77. The van der Waals surface area contributed by atoms with E-state index in [0.717, 1.165) is 18.4 Å². The largest absolute Gasteiger partial charge is 0.322 e. The van der Waals surface area contributed by atoms with Gasteiger partial charge in [-0.25, -0.2) is 5.43 Å². The Labute approximate surface area is 158 Å². The van der Waals surface area contributed by atoms with Crippen LogP contribution in [0.25, 0.3) is 0 Å². The van der Waals surface area contributed by atoms with E-state index < -0.39 is 0 Å². The third kappa shape index (κ3) is 6.01. The molecular weight excluding hydrogens is 350 g/mol. The van der Waals surface area contributed by atoms with Gasteiger partial charge in [-0.2, -0.15) is 5.10 Å². The van der Waals surface area contributed by atoms with Gasteiger partial charge in [-0.1, -0.05) is 37.1 Å². The monoisotopic (exact) mass is 371 g/mol. The van der Waals surface area contributed by atoms with Crippen LogP contribution in [-0.4, -0.2) is 17.5 Å². The van der Waals surface area contributed by atoms with Crippen LogP contribution < -0.4 is 10.7 Å². The number of halogens is 1. The summed E-state index contributed by atoms with van der Waals surface area (Å²) >= 11 is 5.82. The second kappa shape index (κ2) is 9.73. The summed E-state index contributed by atoms with van der Waals surface area (Å²) in [5.41, 5.74) is 5.33. The van der Waals surface area contributed by atoms with Gasteiger partial charge < -0.3 is 5.32 Å². The quantitative estimate of drug-likeness (QED) is 0.550. The molecule has 0 unspecified atom stereocenters. The van der Waals surface area contributed by atoms with Crippen LogP contribution >= 0.6 is 11.6 Å². The maximum atomic E-state index is 12.2. The van der Waals surface area contributed by atoms with Crippen LogP contribution in [0.4, 0.5) is 5.69 Å². The molecule has 0 fully saturated rings. The lowest BCUT2D eigenvalue weighted by Crippen LogP contribution is -2.18. The first kappa shape index (κ1) is 19.7. The van der Waals surface area contributed by atoms with E-state index in [-0.39, 0.29) is 11.8 Å². The molecule has 2 amide bonds. The Morgan fingerprint density at radius 2 is 1.62 bits per heavy atom. The van der Waals surface area contributed by atoms with Crippen LogP contribution in [-0.2, 0) is 4.79 Å². The number of carbonyl (C=O) groups is 2. The highest BCUT2D eigenvalue weighted by atomic mass is 35.5. The Morgan fingerprint density at radius 1 is 1.00 bits per heavy atom. The zero-order valence-corrected chi connectivity index (χ0v) is 15.6. The van der Waals surface area contributed by atoms with Crippen LogP contribution in [0, 0.1) is 0 Å². The Kier molecular flexibility index (Phi) is 7.36. The molecule has 0 spiro atoms. The highest BCUT2D eigenvalue weighted by Crippen LogP contribution is 2.14. The van der Waals surface area contributed by atoms with Gasteiger partial charge in [-0.3, -0.25) is 9.59 Å². The molecule has 0 saturated carbocycles. The number of hydrazone groups is 1. The zero-order valence-electron chi connectivity index (χ0n) is 14.9. The van der Waals surface area contributed by atoms with Crippen LogP contribution in [0.15, 0.2) is 53.6 Å². The first-order valence-electron chi connectivity index (χ1n) is 8.50. The maximum absolute atomic E-state index is 12.2. The molecular formula is C20H22ClN3O2. The zero-order chi connectivity index (χ0) is 18.9. The molecule has 2 aromatic carbocycles. The van der Waals surface area contributed by atoms with Crippen LogP contribution in [0.1, 0.15) is 49.0 Å². The summed E-state index contributed by atoms with van der Waals surface area (Å²) in [6, 6.07) is 14.0. The van der Waals surface area contributed by atoms with E-state index in [1.165, 1.54) is 0 Å². The first-order chi connectivity index (χ1) is 12.5. The molecule has 0 heterocycles. The number of hydrogen-bond acceptors (Lipinski definition) is 3. The van der Waals surface area contributed by atoms with Gasteiger partial charge in [0.15, 0.2) is 0 Å². The van der Waals surface area contributed by atoms with Crippen molar-refractivity contribution in [3.8, 4) is 0 Å². The molecule has 0 bridgehead atoms. The Balaban J connectivity index is 1.95. The fourth-order valence-corrected chi connectivity index (χ4v) is 2.33. The average molecular weight is 372 g/mol. The van der Waals surface area contributed by atoms with Gasteiger partial charge in [-0.15, -0.1) is 0 Å². The number of anilines is 1. The van der Waals surface area contributed by atoms with Crippen molar-refractivity contribution in [3.63, 3.8) is 0 Å². The molecule has 0 aliphatic rings. The molecule has 2 N–H and O–H groups in total. The maximum Gasteiger partial charge on any atom is 0.255 e. The predicted octanol–water partition coefficient (Wildman–Crippen LogP) is 4.62. The molecule has 2 rings (SSSR count). The first-order valence-corrected chi connectivity index (χ1v) is 8.88. The summed E-state index contributed by atoms with van der Waals surface area (Å²) in [5, 5.41) is 7.52. The Hall–Kier alpha value is -2.66. The number of nitrogens with zero attached hydrogens (tertiary/aromatic N) is 1. The molecule has 0 atom stereocenters. The lowest BCUT2D eigenvalue weighted by molar-refractivity contribution is -0.121. The van der Waals surface area contributed by atoms with Gasteiger partial charge in [0.05, 0.1) is 5.71 Å². The summed E-state index contributed by atoms with van der Waals surface area (Å²) in [5.74, 6) is -0.291. The fourth-order valence-electron chi connectivity index (χ4n) is 2.20. The number of carbonyl (C=O) groups excluding carboxylic acids is 2. The van der Waals surface area contributed by atoms with Gasteiger partial charge in [0, 0.05) is 22.7 Å². The minimum absolute atomic E-state index is 0.0851. The predicted molar refractivity (Wildman–Crippen MR) is 106 cm³/mol. The summed E-state index contributed by atoms with van der Waals surface area (Å²) in [7, 11) is 0. The Bertz CT molecular complexity index is 784. The lowest BCUT2D eigenvalue weighted by atomic mass is 10.1. The van der Waals surface area contributed by atoms with E-state index in [9.17, 15) is 9.59 Å². The summed E-state index contributed by atoms with van der Waals surface area (Å²) in [6.45, 7) is 3.86. The highest BCUT2D eigenvalue weighted by Gasteiger charge is 2.06. The normalized spacial score (nSPS) is 11.1. The minimum atomic E-state index is -0.206. The molecule has 26 heavy (non-hydrogen) atoms. The SMILES string of the molecule is CCCCC(=O)N/N=C(\C)c1ccc(NC(=O)c2ccc(Cl)cc2)cc1. The number of hydrogen-bond donors (Lipinski definition) is 2. The third-order valence-corrected chi connectivity index (χ3v) is 4.02. The Morgan fingerprint density at radius 3 is 2.23 bits per heavy atom. The topological polar surface area (TPSA) is 70.6 Å². The van der Waals surface area contributed by atoms with E-state index in [4.69, 9.17) is 11.6 Å². The number of amides is 2. The van der Waals surface area contributed by atoms with Gasteiger partial charge in [0.25, 0.3) is 5.91 Å². The number of unbranched alkanes of at least 4 members (excludes halogenated alkanes) is 1. The fraction of sp³-hybridized carbons (Fsp3) is 0.250. The van der Waals surface area contributed by atoms with Crippen molar-refractivity contribution >= 4 is 34.8 Å². The summed E-state index contributed by atoms with van der Waals surface area (Å²) < 4.78 is 0. The van der Waals surface area contributed by atoms with Crippen molar-refractivity contribution in [2.75, 3.05) is 5.32 Å². The van der Waals surface area contributed by atoms with Gasteiger partial charge >= 0.3 is 0 Å². The molecule has 2 aromatic rings. The van der Waals surface area contributed by atoms with E-state index >= 15 is 0 Å². The summed E-state index contributed by atoms with van der Waals surface area (Å²) in [4.78, 5) is 23.8. The molecule has 6 heteroatoms. The van der Waals surface area contributed by atoms with Crippen molar-refractivity contribution in [1.82, 2.24) is 5.43 Å². The van der Waals surface area contributed by atoms with Crippen molar-refractivity contribution in [2.45, 2.75) is 33.1 Å². The minimum Gasteiger partial charge on any atom is -0.322 e. The van der Waals surface area contributed by atoms with Crippen LogP contribution in [0.2, 0.25) is 5.02 Å². The summed E-state index contributed by atoms with van der Waals surface area (Å²) in [6.07, 6.45) is 2.30. The molecule has 0 aromatic heterocycles. The van der Waals surface area contributed by atoms with Crippen LogP contribution in [0.5, 0.6) is 0 Å². The van der Waals surface area contributed by atoms with Crippen LogP contribution in [0.3, 0.4) is 0 Å². The number of benzene rings is 2. The number of rotatable bonds is 7. The molecule has 5 nitrogen and oxygen atoms in total. The van der Waals surface area contributed by atoms with Gasteiger partial charge in [0.2, 0.25) is 5.91 Å². The van der Waals surface area contributed by atoms with Crippen molar-refractivity contribution in [2.24, 2.45) is 5.10 Å². The molecule has 136 valence electrons. The molecule has 0 radical (unpaired) electrons. The van der Waals surface area contributed by atoms with Gasteiger partial charge in [0.1, 0.15) is 0 Å². The number of nitrogens with one attached hydrogen (secondary N) is 2. The van der Waals surface area contributed by atoms with E-state index in [1.807, 2.05) is 26.0 Å². The second-order valence-corrected chi connectivity index (χ2v) is 6.31. The molecule has 0 aliphatic heterocycles. The van der Waals surface area contributed by atoms with E-state index in [0.29, 0.717) is 28.4 Å². The molecule has 0 aliphatic carbocycles.